The molecule has 1 aliphatic rings. The molecule has 1 aliphatic heterocycles. The molecule has 0 aliphatic carbocycles. The van der Waals surface area contributed by atoms with Crippen molar-refractivity contribution < 1.29 is 25.2 Å². The first-order valence-corrected chi connectivity index (χ1v) is 4.59. The van der Waals surface area contributed by atoms with Gasteiger partial charge >= 0.3 is 0 Å². The zero-order valence-corrected chi connectivity index (χ0v) is 8.00. The predicted octanol–water partition coefficient (Wildman–Crippen LogP) is -2.60. The number of hydrogen-bond acceptors (Lipinski definition) is 6. The van der Waals surface area contributed by atoms with E-state index in [4.69, 9.17) is 14.9 Å². The molecule has 6 nitrogen and oxygen atoms in total. The van der Waals surface area contributed by atoms with E-state index in [1.165, 1.54) is 6.92 Å². The molecule has 1 heterocycles. The van der Waals surface area contributed by atoms with E-state index in [1.54, 1.807) is 0 Å². The maximum atomic E-state index is 9.57. The molecule has 84 valence electrons. The minimum atomic E-state index is -1.13. The lowest BCUT2D eigenvalue weighted by Gasteiger charge is -2.37. The van der Waals surface area contributed by atoms with E-state index in [9.17, 15) is 10.2 Å². The molecule has 1 fully saturated rings. The molecule has 0 aromatic heterocycles. The fourth-order valence-electron chi connectivity index (χ4n) is 1.50. The zero-order valence-electron chi connectivity index (χ0n) is 8.00. The first-order chi connectivity index (χ1) is 6.56. The Balaban J connectivity index is 2.50. The molecule has 0 radical (unpaired) electrons. The standard InChI is InChI=1S/C8H17NO5/c1-4(11)9-5-3-14-6(2-10)8(13)7(5)12/h4-13H,2-3H2,1H3/t4-,5?,6+,7+,8?/m0/s1. The molecular formula is C8H17NO5. The molecule has 14 heavy (non-hydrogen) atoms. The van der Waals surface area contributed by atoms with Crippen LogP contribution in [0.15, 0.2) is 0 Å². The highest BCUT2D eigenvalue weighted by Crippen LogP contribution is 2.15. The Morgan fingerprint density at radius 2 is 2.07 bits per heavy atom. The van der Waals surface area contributed by atoms with Crippen molar-refractivity contribution in [2.24, 2.45) is 0 Å². The molecule has 1 saturated heterocycles. The van der Waals surface area contributed by atoms with Gasteiger partial charge in [0.15, 0.2) is 0 Å². The van der Waals surface area contributed by atoms with Crippen LogP contribution in [-0.4, -0.2) is 64.2 Å². The average Bonchev–Trinajstić information content (AvgIpc) is 2.13. The zero-order chi connectivity index (χ0) is 10.7. The van der Waals surface area contributed by atoms with Crippen LogP contribution in [0.3, 0.4) is 0 Å². The van der Waals surface area contributed by atoms with Crippen LogP contribution < -0.4 is 5.32 Å². The molecule has 5 atom stereocenters. The van der Waals surface area contributed by atoms with Crippen LogP contribution in [0.5, 0.6) is 0 Å². The Morgan fingerprint density at radius 1 is 1.43 bits per heavy atom. The number of nitrogens with one attached hydrogen (secondary N) is 1. The van der Waals surface area contributed by atoms with Crippen molar-refractivity contribution >= 4 is 0 Å². The van der Waals surface area contributed by atoms with Crippen LogP contribution in [0.2, 0.25) is 0 Å². The van der Waals surface area contributed by atoms with Gasteiger partial charge in [-0.1, -0.05) is 0 Å². The number of aliphatic hydroxyl groups is 4. The smallest absolute Gasteiger partial charge is 0.110 e. The van der Waals surface area contributed by atoms with Crippen molar-refractivity contribution in [2.45, 2.75) is 37.5 Å². The summed E-state index contributed by atoms with van der Waals surface area (Å²) in [6.45, 7) is 1.32. The Hall–Kier alpha value is -0.240. The summed E-state index contributed by atoms with van der Waals surface area (Å²) in [7, 11) is 0. The third-order valence-electron chi connectivity index (χ3n) is 2.27. The van der Waals surface area contributed by atoms with E-state index in [0.29, 0.717) is 0 Å². The summed E-state index contributed by atoms with van der Waals surface area (Å²) in [6, 6.07) is -0.521. The number of hydrogen-bond donors (Lipinski definition) is 5. The second-order valence-corrected chi connectivity index (χ2v) is 3.48. The Kier molecular flexibility index (Phi) is 4.24. The minimum absolute atomic E-state index is 0.147. The topological polar surface area (TPSA) is 102 Å². The van der Waals surface area contributed by atoms with Gasteiger partial charge in [0, 0.05) is 0 Å². The summed E-state index contributed by atoms with van der Waals surface area (Å²) >= 11 is 0. The molecule has 0 amide bonds. The van der Waals surface area contributed by atoms with E-state index >= 15 is 0 Å². The highest BCUT2D eigenvalue weighted by molar-refractivity contribution is 4.90. The van der Waals surface area contributed by atoms with Gasteiger partial charge in [-0.2, -0.15) is 0 Å². The quantitative estimate of drug-likeness (QED) is 0.325. The van der Waals surface area contributed by atoms with Gasteiger partial charge in [-0.25, -0.2) is 0 Å². The normalized spacial score (nSPS) is 40.9. The van der Waals surface area contributed by atoms with E-state index in [1.807, 2.05) is 0 Å². The molecule has 0 aromatic carbocycles. The Morgan fingerprint density at radius 3 is 2.57 bits per heavy atom. The van der Waals surface area contributed by atoms with Crippen molar-refractivity contribution in [1.29, 1.82) is 0 Å². The third kappa shape index (κ3) is 2.63. The summed E-state index contributed by atoms with van der Waals surface area (Å²) in [6.07, 6.45) is -3.71. The lowest BCUT2D eigenvalue weighted by molar-refractivity contribution is -0.166. The van der Waals surface area contributed by atoms with Gasteiger partial charge in [0.1, 0.15) is 24.5 Å². The average molecular weight is 207 g/mol. The van der Waals surface area contributed by atoms with Crippen molar-refractivity contribution in [3.05, 3.63) is 0 Å². The summed E-state index contributed by atoms with van der Waals surface area (Å²) in [4.78, 5) is 0. The first kappa shape index (κ1) is 11.8. The maximum absolute atomic E-state index is 9.57. The predicted molar refractivity (Wildman–Crippen MR) is 47.4 cm³/mol. The molecule has 0 aromatic rings. The van der Waals surface area contributed by atoms with E-state index in [0.717, 1.165) is 0 Å². The van der Waals surface area contributed by atoms with Crippen molar-refractivity contribution in [1.82, 2.24) is 5.32 Å². The second kappa shape index (κ2) is 5.01. The molecule has 2 unspecified atom stereocenters. The lowest BCUT2D eigenvalue weighted by Crippen LogP contribution is -2.60. The molecular weight excluding hydrogens is 190 g/mol. The number of rotatable bonds is 3. The van der Waals surface area contributed by atoms with Crippen LogP contribution in [0, 0.1) is 0 Å². The number of aliphatic hydroxyl groups excluding tert-OH is 4. The lowest BCUT2D eigenvalue weighted by atomic mass is 9.98. The molecule has 5 N–H and O–H groups in total. The largest absolute Gasteiger partial charge is 0.394 e. The Bertz CT molecular complexity index is 177. The van der Waals surface area contributed by atoms with Crippen molar-refractivity contribution in [3.63, 3.8) is 0 Å². The number of ether oxygens (including phenoxy) is 1. The molecule has 0 bridgehead atoms. The third-order valence-corrected chi connectivity index (χ3v) is 2.27. The highest BCUT2D eigenvalue weighted by Gasteiger charge is 2.38. The van der Waals surface area contributed by atoms with Gasteiger partial charge in [-0.3, -0.25) is 5.32 Å². The van der Waals surface area contributed by atoms with Crippen LogP contribution in [0.1, 0.15) is 6.92 Å². The van der Waals surface area contributed by atoms with E-state index < -0.39 is 30.6 Å². The summed E-state index contributed by atoms with van der Waals surface area (Å²) in [5.41, 5.74) is 0. The molecule has 0 spiro atoms. The van der Waals surface area contributed by atoms with Crippen LogP contribution in [-0.2, 0) is 4.74 Å². The van der Waals surface area contributed by atoms with Gasteiger partial charge in [-0.05, 0) is 6.92 Å². The van der Waals surface area contributed by atoms with Gasteiger partial charge in [-0.15, -0.1) is 0 Å². The van der Waals surface area contributed by atoms with Gasteiger partial charge in [0.25, 0.3) is 0 Å². The maximum Gasteiger partial charge on any atom is 0.110 e. The van der Waals surface area contributed by atoms with Crippen LogP contribution in [0.25, 0.3) is 0 Å². The van der Waals surface area contributed by atoms with Gasteiger partial charge < -0.3 is 25.2 Å². The van der Waals surface area contributed by atoms with Gasteiger partial charge in [0.2, 0.25) is 0 Å². The van der Waals surface area contributed by atoms with Gasteiger partial charge in [0.05, 0.1) is 19.3 Å². The molecule has 6 heteroatoms. The summed E-state index contributed by atoms with van der Waals surface area (Å²) < 4.78 is 5.09. The second-order valence-electron chi connectivity index (χ2n) is 3.48. The molecule has 1 rings (SSSR count). The SMILES string of the molecule is C[C@H](O)NC1CO[C@H](CO)C(O)[C@@H]1O. The van der Waals surface area contributed by atoms with Crippen molar-refractivity contribution in [3.8, 4) is 0 Å². The highest BCUT2D eigenvalue weighted by atomic mass is 16.5. The Labute approximate surface area is 82.1 Å². The summed E-state index contributed by atoms with van der Waals surface area (Å²) in [5.74, 6) is 0. The minimum Gasteiger partial charge on any atom is -0.394 e. The monoisotopic (exact) mass is 207 g/mol. The molecule has 0 saturated carbocycles. The van der Waals surface area contributed by atoms with E-state index in [-0.39, 0.29) is 13.2 Å². The van der Waals surface area contributed by atoms with Crippen molar-refractivity contribution in [2.75, 3.05) is 13.2 Å². The van der Waals surface area contributed by atoms with E-state index in [2.05, 4.69) is 5.32 Å². The van der Waals surface area contributed by atoms with Crippen LogP contribution >= 0.6 is 0 Å². The first-order valence-electron chi connectivity index (χ1n) is 4.59. The van der Waals surface area contributed by atoms with Crippen LogP contribution in [0.4, 0.5) is 0 Å². The summed E-state index contributed by atoms with van der Waals surface area (Å²) in [5, 5.41) is 39.5. The fraction of sp³-hybridized carbons (Fsp3) is 1.00. The fourth-order valence-corrected chi connectivity index (χ4v) is 1.50.